The lowest BCUT2D eigenvalue weighted by molar-refractivity contribution is -0.147. The normalized spacial score (nSPS) is 10.5. The lowest BCUT2D eigenvalue weighted by atomic mass is 10.2. The first-order valence-electron chi connectivity index (χ1n) is 7.85. The third-order valence-corrected chi connectivity index (χ3v) is 4.04. The molecule has 2 amide bonds. The van der Waals surface area contributed by atoms with Crippen LogP contribution in [-0.2, 0) is 22.7 Å². The van der Waals surface area contributed by atoms with Crippen molar-refractivity contribution < 1.29 is 9.59 Å². The quantitative estimate of drug-likeness (QED) is 0.845. The van der Waals surface area contributed by atoms with Crippen molar-refractivity contribution in [2.45, 2.75) is 33.0 Å². The molecule has 0 aliphatic rings. The molecular weight excluding hydrogens is 324 g/mol. The molecule has 0 fully saturated rings. The Bertz CT molecular complexity index is 702. The van der Waals surface area contributed by atoms with E-state index in [1.165, 1.54) is 0 Å². The molecule has 5 heteroatoms. The predicted molar refractivity (Wildman–Crippen MR) is 95.4 cm³/mol. The van der Waals surface area contributed by atoms with Gasteiger partial charge in [-0.2, -0.15) is 0 Å². The Morgan fingerprint density at radius 2 is 1.67 bits per heavy atom. The van der Waals surface area contributed by atoms with E-state index in [1.54, 1.807) is 11.0 Å². The predicted octanol–water partition coefficient (Wildman–Crippen LogP) is 3.39. The first-order valence-corrected chi connectivity index (χ1v) is 8.23. The highest BCUT2D eigenvalue weighted by Gasteiger charge is 2.24. The van der Waals surface area contributed by atoms with Gasteiger partial charge in [-0.15, -0.1) is 0 Å². The number of hydrogen-bond acceptors (Lipinski definition) is 2. The molecule has 0 atom stereocenters. The number of nitrogens with one attached hydrogen (secondary N) is 1. The molecule has 0 aliphatic heterocycles. The number of rotatable bonds is 5. The molecule has 0 bridgehead atoms. The van der Waals surface area contributed by atoms with Crippen LogP contribution in [-0.4, -0.2) is 22.8 Å². The molecule has 126 valence electrons. The van der Waals surface area contributed by atoms with E-state index in [1.807, 2.05) is 62.4 Å². The largest absolute Gasteiger partial charge is 0.344 e. The fourth-order valence-corrected chi connectivity index (χ4v) is 2.49. The second kappa shape index (κ2) is 8.50. The Hall–Kier alpha value is -2.33. The van der Waals surface area contributed by atoms with Gasteiger partial charge >= 0.3 is 11.8 Å². The molecule has 4 nitrogen and oxygen atoms in total. The van der Waals surface area contributed by atoms with Crippen molar-refractivity contribution in [3.63, 3.8) is 0 Å². The van der Waals surface area contributed by atoms with E-state index in [9.17, 15) is 9.59 Å². The summed E-state index contributed by atoms with van der Waals surface area (Å²) in [6.45, 7) is 4.41. The first-order chi connectivity index (χ1) is 11.5. The lowest BCUT2D eigenvalue weighted by Gasteiger charge is -2.26. The Kier molecular flexibility index (Phi) is 6.38. The topological polar surface area (TPSA) is 49.4 Å². The van der Waals surface area contributed by atoms with Crippen molar-refractivity contribution in [1.82, 2.24) is 10.2 Å². The van der Waals surface area contributed by atoms with E-state index in [4.69, 9.17) is 11.6 Å². The summed E-state index contributed by atoms with van der Waals surface area (Å²) >= 11 is 6.06. The highest BCUT2D eigenvalue weighted by atomic mass is 35.5. The zero-order chi connectivity index (χ0) is 17.5. The van der Waals surface area contributed by atoms with Crippen molar-refractivity contribution in [3.05, 3.63) is 70.7 Å². The molecule has 0 spiro atoms. The fourth-order valence-electron chi connectivity index (χ4n) is 2.29. The van der Waals surface area contributed by atoms with Crippen LogP contribution in [0.4, 0.5) is 0 Å². The van der Waals surface area contributed by atoms with Crippen LogP contribution in [0.5, 0.6) is 0 Å². The summed E-state index contributed by atoms with van der Waals surface area (Å²) in [6, 6.07) is 16.8. The minimum Gasteiger partial charge on any atom is -0.344 e. The van der Waals surface area contributed by atoms with E-state index >= 15 is 0 Å². The first kappa shape index (κ1) is 18.0. The van der Waals surface area contributed by atoms with E-state index in [0.717, 1.165) is 11.1 Å². The highest BCUT2D eigenvalue weighted by Crippen LogP contribution is 2.14. The Morgan fingerprint density at radius 3 is 2.29 bits per heavy atom. The minimum atomic E-state index is -0.625. The van der Waals surface area contributed by atoms with Gasteiger partial charge in [0.05, 0.1) is 0 Å². The Labute approximate surface area is 147 Å². The molecule has 0 aromatic heterocycles. The van der Waals surface area contributed by atoms with Gasteiger partial charge in [0.2, 0.25) is 0 Å². The van der Waals surface area contributed by atoms with Gasteiger partial charge in [0, 0.05) is 24.2 Å². The smallest absolute Gasteiger partial charge is 0.312 e. The number of carbonyl (C=O) groups excluding carboxylic acids is 2. The van der Waals surface area contributed by atoms with Crippen molar-refractivity contribution in [2.75, 3.05) is 0 Å². The third kappa shape index (κ3) is 4.83. The molecule has 0 unspecified atom stereocenters. The molecule has 2 aromatic rings. The summed E-state index contributed by atoms with van der Waals surface area (Å²) < 4.78 is 0. The van der Waals surface area contributed by atoms with Gasteiger partial charge in [-0.3, -0.25) is 9.59 Å². The number of halogens is 1. The van der Waals surface area contributed by atoms with Crippen LogP contribution in [0.3, 0.4) is 0 Å². The third-order valence-electron chi connectivity index (χ3n) is 3.67. The van der Waals surface area contributed by atoms with E-state index in [0.29, 0.717) is 11.6 Å². The molecule has 0 heterocycles. The van der Waals surface area contributed by atoms with Crippen LogP contribution in [0.2, 0.25) is 5.02 Å². The fraction of sp³-hybridized carbons (Fsp3) is 0.263. The van der Waals surface area contributed by atoms with Crippen LogP contribution in [0.1, 0.15) is 25.0 Å². The summed E-state index contributed by atoms with van der Waals surface area (Å²) in [4.78, 5) is 26.2. The molecule has 0 saturated carbocycles. The summed E-state index contributed by atoms with van der Waals surface area (Å²) in [6.07, 6.45) is 0. The van der Waals surface area contributed by atoms with Crippen molar-refractivity contribution in [3.8, 4) is 0 Å². The molecular formula is C19H21ClN2O2. The maximum Gasteiger partial charge on any atom is 0.312 e. The second-order valence-corrected chi connectivity index (χ2v) is 6.19. The van der Waals surface area contributed by atoms with Crippen LogP contribution in [0.15, 0.2) is 54.6 Å². The van der Waals surface area contributed by atoms with Crippen LogP contribution in [0.25, 0.3) is 0 Å². The summed E-state index contributed by atoms with van der Waals surface area (Å²) in [5.41, 5.74) is 1.76. The van der Waals surface area contributed by atoms with Crippen LogP contribution < -0.4 is 5.32 Å². The molecule has 24 heavy (non-hydrogen) atoms. The summed E-state index contributed by atoms with van der Waals surface area (Å²) in [5, 5.41) is 3.21. The number of amides is 2. The van der Waals surface area contributed by atoms with Gasteiger partial charge in [0.15, 0.2) is 0 Å². The zero-order valence-electron chi connectivity index (χ0n) is 13.8. The molecule has 2 rings (SSSR count). The second-order valence-electron chi connectivity index (χ2n) is 5.79. The summed E-state index contributed by atoms with van der Waals surface area (Å²) in [7, 11) is 0. The average molecular weight is 345 g/mol. The number of hydrogen-bond donors (Lipinski definition) is 1. The molecule has 1 N–H and O–H groups in total. The molecule has 2 aromatic carbocycles. The SMILES string of the molecule is CC(C)N(Cc1ccccc1)C(=O)C(=O)NCc1ccccc1Cl. The van der Waals surface area contributed by atoms with E-state index in [2.05, 4.69) is 5.32 Å². The van der Waals surface area contributed by atoms with Gasteiger partial charge in [-0.05, 0) is 31.0 Å². The van der Waals surface area contributed by atoms with Crippen molar-refractivity contribution in [2.24, 2.45) is 0 Å². The minimum absolute atomic E-state index is 0.0798. The van der Waals surface area contributed by atoms with Crippen molar-refractivity contribution in [1.29, 1.82) is 0 Å². The Balaban J connectivity index is 2.01. The number of carbonyl (C=O) groups is 2. The van der Waals surface area contributed by atoms with Crippen LogP contribution in [0, 0.1) is 0 Å². The standard InChI is InChI=1S/C19H21ClN2O2/c1-14(2)22(13-15-8-4-3-5-9-15)19(24)18(23)21-12-16-10-6-7-11-17(16)20/h3-11,14H,12-13H2,1-2H3,(H,21,23). The van der Waals surface area contributed by atoms with Gasteiger partial charge in [-0.1, -0.05) is 60.1 Å². The van der Waals surface area contributed by atoms with Gasteiger partial charge in [0.1, 0.15) is 0 Å². The lowest BCUT2D eigenvalue weighted by Crippen LogP contribution is -2.45. The monoisotopic (exact) mass is 344 g/mol. The van der Waals surface area contributed by atoms with E-state index < -0.39 is 11.8 Å². The van der Waals surface area contributed by atoms with Gasteiger partial charge in [0.25, 0.3) is 0 Å². The molecule has 0 radical (unpaired) electrons. The van der Waals surface area contributed by atoms with Gasteiger partial charge < -0.3 is 10.2 Å². The maximum atomic E-state index is 12.5. The highest BCUT2D eigenvalue weighted by molar-refractivity contribution is 6.35. The maximum absolute atomic E-state index is 12.5. The number of benzene rings is 2. The molecule has 0 saturated heterocycles. The van der Waals surface area contributed by atoms with E-state index in [-0.39, 0.29) is 12.6 Å². The van der Waals surface area contributed by atoms with Crippen molar-refractivity contribution >= 4 is 23.4 Å². The zero-order valence-corrected chi connectivity index (χ0v) is 14.6. The summed E-state index contributed by atoms with van der Waals surface area (Å²) in [5.74, 6) is -1.17. The molecule has 0 aliphatic carbocycles. The number of nitrogens with zero attached hydrogens (tertiary/aromatic N) is 1. The van der Waals surface area contributed by atoms with Crippen LogP contribution >= 0.6 is 11.6 Å². The Morgan fingerprint density at radius 1 is 1.04 bits per heavy atom. The van der Waals surface area contributed by atoms with Gasteiger partial charge in [-0.25, -0.2) is 0 Å². The average Bonchev–Trinajstić information content (AvgIpc) is 2.58.